The van der Waals surface area contributed by atoms with Gasteiger partial charge >= 0.3 is 5.97 Å². The molecule has 130 valence electrons. The SMILES string of the molecule is CCOC(=O)C(C)n1nc(C)c2cnn(-c3ccccc3C)c2c1=O. The van der Waals surface area contributed by atoms with Crippen molar-refractivity contribution in [2.75, 3.05) is 6.61 Å². The molecule has 0 aliphatic heterocycles. The Morgan fingerprint density at radius 2 is 2.00 bits per heavy atom. The summed E-state index contributed by atoms with van der Waals surface area (Å²) in [5, 5.41) is 9.33. The van der Waals surface area contributed by atoms with Crippen molar-refractivity contribution < 1.29 is 9.53 Å². The summed E-state index contributed by atoms with van der Waals surface area (Å²) in [7, 11) is 0. The molecule has 2 heterocycles. The fourth-order valence-electron chi connectivity index (χ4n) is 2.80. The van der Waals surface area contributed by atoms with Gasteiger partial charge in [-0.1, -0.05) is 18.2 Å². The molecule has 1 aromatic carbocycles. The summed E-state index contributed by atoms with van der Waals surface area (Å²) in [6.07, 6.45) is 1.63. The van der Waals surface area contributed by atoms with E-state index >= 15 is 0 Å². The normalized spacial score (nSPS) is 12.3. The van der Waals surface area contributed by atoms with E-state index in [4.69, 9.17) is 4.74 Å². The number of benzene rings is 1. The minimum atomic E-state index is -0.809. The Kier molecular flexibility index (Phi) is 4.39. The molecule has 0 aliphatic rings. The fraction of sp³-hybridized carbons (Fsp3) is 0.333. The lowest BCUT2D eigenvalue weighted by atomic mass is 10.2. The van der Waals surface area contributed by atoms with Crippen LogP contribution in [0.4, 0.5) is 0 Å². The van der Waals surface area contributed by atoms with E-state index in [2.05, 4.69) is 10.2 Å². The summed E-state index contributed by atoms with van der Waals surface area (Å²) in [6, 6.07) is 6.87. The first-order chi connectivity index (χ1) is 12.0. The lowest BCUT2D eigenvalue weighted by Crippen LogP contribution is -2.33. The Balaban J connectivity index is 2.26. The summed E-state index contributed by atoms with van der Waals surface area (Å²) >= 11 is 0. The van der Waals surface area contributed by atoms with Crippen LogP contribution in [-0.2, 0) is 9.53 Å². The minimum absolute atomic E-state index is 0.250. The molecule has 0 bridgehead atoms. The second kappa shape index (κ2) is 6.51. The van der Waals surface area contributed by atoms with Crippen molar-refractivity contribution in [1.82, 2.24) is 19.6 Å². The number of fused-ring (bicyclic) bond motifs is 1. The number of nitrogens with zero attached hydrogens (tertiary/aromatic N) is 4. The summed E-state index contributed by atoms with van der Waals surface area (Å²) in [5.41, 5.74) is 2.47. The average Bonchev–Trinajstić information content (AvgIpc) is 3.04. The zero-order chi connectivity index (χ0) is 18.1. The highest BCUT2D eigenvalue weighted by Crippen LogP contribution is 2.20. The van der Waals surface area contributed by atoms with Crippen LogP contribution < -0.4 is 5.56 Å². The number of esters is 1. The lowest BCUT2D eigenvalue weighted by Gasteiger charge is -2.14. The highest BCUT2D eigenvalue weighted by Gasteiger charge is 2.23. The smallest absolute Gasteiger partial charge is 0.330 e. The first-order valence-corrected chi connectivity index (χ1v) is 8.15. The standard InChI is InChI=1S/C18H20N4O3/c1-5-25-18(24)13(4)21-17(23)16-14(12(3)20-21)10-19-22(16)15-9-7-6-8-11(15)2/h6-10,13H,5H2,1-4H3. The molecule has 25 heavy (non-hydrogen) atoms. The van der Waals surface area contributed by atoms with Crippen LogP contribution in [0.3, 0.4) is 0 Å². The van der Waals surface area contributed by atoms with Crippen LogP contribution in [0.2, 0.25) is 0 Å². The first kappa shape index (κ1) is 16.9. The fourth-order valence-corrected chi connectivity index (χ4v) is 2.80. The molecule has 0 fully saturated rings. The van der Waals surface area contributed by atoms with E-state index in [9.17, 15) is 9.59 Å². The number of hydrogen-bond donors (Lipinski definition) is 0. The maximum atomic E-state index is 13.0. The van der Waals surface area contributed by atoms with Gasteiger partial charge in [0.25, 0.3) is 5.56 Å². The number of para-hydroxylation sites is 1. The molecule has 0 spiro atoms. The lowest BCUT2D eigenvalue weighted by molar-refractivity contribution is -0.147. The number of carbonyl (C=O) groups excluding carboxylic acids is 1. The minimum Gasteiger partial charge on any atom is -0.464 e. The highest BCUT2D eigenvalue weighted by atomic mass is 16.5. The van der Waals surface area contributed by atoms with Crippen molar-refractivity contribution in [1.29, 1.82) is 0 Å². The molecule has 0 radical (unpaired) electrons. The van der Waals surface area contributed by atoms with E-state index in [1.807, 2.05) is 31.2 Å². The van der Waals surface area contributed by atoms with Gasteiger partial charge in [-0.15, -0.1) is 0 Å². The van der Waals surface area contributed by atoms with Crippen molar-refractivity contribution >= 4 is 16.9 Å². The molecule has 0 amide bonds. The van der Waals surface area contributed by atoms with Crippen LogP contribution >= 0.6 is 0 Å². The van der Waals surface area contributed by atoms with Gasteiger partial charge in [-0.25, -0.2) is 14.2 Å². The third-order valence-corrected chi connectivity index (χ3v) is 4.17. The van der Waals surface area contributed by atoms with Crippen LogP contribution in [0.5, 0.6) is 0 Å². The van der Waals surface area contributed by atoms with Gasteiger partial charge in [-0.05, 0) is 39.3 Å². The van der Waals surface area contributed by atoms with E-state index in [-0.39, 0.29) is 12.2 Å². The van der Waals surface area contributed by atoms with Gasteiger partial charge in [0.15, 0.2) is 6.04 Å². The van der Waals surface area contributed by atoms with Gasteiger partial charge in [0.1, 0.15) is 5.52 Å². The van der Waals surface area contributed by atoms with Gasteiger partial charge in [0.2, 0.25) is 0 Å². The summed E-state index contributed by atoms with van der Waals surface area (Å²) in [5.74, 6) is -0.488. The predicted octanol–water partition coefficient (Wildman–Crippen LogP) is 2.32. The summed E-state index contributed by atoms with van der Waals surface area (Å²) in [6.45, 7) is 7.33. The Labute approximate surface area is 144 Å². The van der Waals surface area contributed by atoms with Gasteiger partial charge < -0.3 is 4.74 Å². The van der Waals surface area contributed by atoms with E-state index < -0.39 is 12.0 Å². The van der Waals surface area contributed by atoms with Crippen molar-refractivity contribution in [3.63, 3.8) is 0 Å². The molecule has 1 unspecified atom stereocenters. The highest BCUT2D eigenvalue weighted by molar-refractivity contribution is 5.82. The Hall–Kier alpha value is -2.96. The van der Waals surface area contributed by atoms with Crippen LogP contribution in [0.1, 0.15) is 31.1 Å². The number of ether oxygens (including phenoxy) is 1. The molecule has 0 N–H and O–H groups in total. The van der Waals surface area contributed by atoms with Crippen LogP contribution in [0, 0.1) is 13.8 Å². The zero-order valence-corrected chi connectivity index (χ0v) is 14.7. The molecule has 7 heteroatoms. The van der Waals surface area contributed by atoms with Crippen molar-refractivity contribution in [2.45, 2.75) is 33.7 Å². The van der Waals surface area contributed by atoms with E-state index in [0.717, 1.165) is 11.3 Å². The van der Waals surface area contributed by atoms with Crippen LogP contribution in [0.15, 0.2) is 35.3 Å². The summed E-state index contributed by atoms with van der Waals surface area (Å²) < 4.78 is 7.80. The monoisotopic (exact) mass is 340 g/mol. The molecule has 3 aromatic rings. The summed E-state index contributed by atoms with van der Waals surface area (Å²) in [4.78, 5) is 25.1. The van der Waals surface area contributed by atoms with Crippen LogP contribution in [-0.4, -0.2) is 32.1 Å². The van der Waals surface area contributed by atoms with E-state index in [1.165, 1.54) is 4.68 Å². The third kappa shape index (κ3) is 2.82. The van der Waals surface area contributed by atoms with E-state index in [1.54, 1.807) is 31.6 Å². The number of rotatable bonds is 4. The van der Waals surface area contributed by atoms with Crippen LogP contribution in [0.25, 0.3) is 16.6 Å². The molecular weight excluding hydrogens is 320 g/mol. The maximum Gasteiger partial charge on any atom is 0.330 e. The average molecular weight is 340 g/mol. The maximum absolute atomic E-state index is 13.0. The molecular formula is C18H20N4O3. The number of carbonyl (C=O) groups is 1. The number of aryl methyl sites for hydroxylation is 2. The van der Waals surface area contributed by atoms with Gasteiger partial charge in [-0.3, -0.25) is 4.79 Å². The predicted molar refractivity (Wildman–Crippen MR) is 93.9 cm³/mol. The molecule has 0 saturated carbocycles. The molecule has 7 nitrogen and oxygen atoms in total. The van der Waals surface area contributed by atoms with Gasteiger partial charge in [0.05, 0.1) is 24.2 Å². The third-order valence-electron chi connectivity index (χ3n) is 4.17. The topological polar surface area (TPSA) is 79.0 Å². The van der Waals surface area contributed by atoms with Crippen molar-refractivity contribution in [2.24, 2.45) is 0 Å². The second-order valence-corrected chi connectivity index (χ2v) is 5.87. The Bertz CT molecular complexity index is 1000. The molecule has 3 rings (SSSR count). The molecule has 2 aromatic heterocycles. The van der Waals surface area contributed by atoms with Crippen molar-refractivity contribution in [3.05, 3.63) is 52.1 Å². The van der Waals surface area contributed by atoms with Gasteiger partial charge in [-0.2, -0.15) is 10.2 Å². The van der Waals surface area contributed by atoms with Crippen molar-refractivity contribution in [3.8, 4) is 5.69 Å². The Morgan fingerprint density at radius 3 is 2.68 bits per heavy atom. The largest absolute Gasteiger partial charge is 0.464 e. The zero-order valence-electron chi connectivity index (χ0n) is 14.7. The number of hydrogen-bond acceptors (Lipinski definition) is 5. The molecule has 0 saturated heterocycles. The Morgan fingerprint density at radius 1 is 1.28 bits per heavy atom. The van der Waals surface area contributed by atoms with E-state index in [0.29, 0.717) is 16.6 Å². The molecule has 1 atom stereocenters. The quantitative estimate of drug-likeness (QED) is 0.681. The van der Waals surface area contributed by atoms with Gasteiger partial charge in [0, 0.05) is 5.39 Å². The first-order valence-electron chi connectivity index (χ1n) is 8.15. The molecule has 0 aliphatic carbocycles. The number of aromatic nitrogens is 4. The second-order valence-electron chi connectivity index (χ2n) is 5.87.